The van der Waals surface area contributed by atoms with Gasteiger partial charge in [-0.05, 0) is 43.2 Å². The van der Waals surface area contributed by atoms with E-state index in [0.29, 0.717) is 12.3 Å². The summed E-state index contributed by atoms with van der Waals surface area (Å²) in [4.78, 5) is 0. The number of anilines is 1. The Morgan fingerprint density at radius 3 is 2.75 bits per heavy atom. The first-order valence-corrected chi connectivity index (χ1v) is 6.87. The van der Waals surface area contributed by atoms with Gasteiger partial charge in [0.05, 0.1) is 5.69 Å². The molecule has 3 rings (SSSR count). The van der Waals surface area contributed by atoms with E-state index >= 15 is 0 Å². The summed E-state index contributed by atoms with van der Waals surface area (Å²) < 4.78 is 11.7. The summed E-state index contributed by atoms with van der Waals surface area (Å²) in [5.41, 5.74) is 10.2. The van der Waals surface area contributed by atoms with Crippen LogP contribution in [0.15, 0.2) is 36.4 Å². The molecule has 3 heteroatoms. The Bertz CT molecular complexity index is 637. The molecule has 3 nitrogen and oxygen atoms in total. The van der Waals surface area contributed by atoms with E-state index in [1.807, 2.05) is 31.2 Å². The zero-order valence-electron chi connectivity index (χ0n) is 11.8. The standard InChI is InChI=1S/C17H19NO2/c1-11-4-6-16-13(7-11)9-14(20-16)10-19-17-8-12(2)3-5-15(17)18/h3-8,14H,9-10,18H2,1-2H3. The number of nitrogens with two attached hydrogens (primary N) is 1. The molecule has 2 aromatic rings. The third-order valence-corrected chi connectivity index (χ3v) is 3.55. The van der Waals surface area contributed by atoms with Crippen molar-refractivity contribution in [3.05, 3.63) is 53.1 Å². The molecule has 0 amide bonds. The molecule has 0 spiro atoms. The molecule has 0 aromatic heterocycles. The van der Waals surface area contributed by atoms with Crippen LogP contribution in [0.1, 0.15) is 16.7 Å². The van der Waals surface area contributed by atoms with E-state index in [0.717, 1.165) is 23.5 Å². The Balaban J connectivity index is 1.65. The maximum Gasteiger partial charge on any atom is 0.142 e. The van der Waals surface area contributed by atoms with Crippen LogP contribution >= 0.6 is 0 Å². The summed E-state index contributed by atoms with van der Waals surface area (Å²) >= 11 is 0. The third kappa shape index (κ3) is 2.57. The quantitative estimate of drug-likeness (QED) is 0.870. The molecule has 1 aliphatic heterocycles. The molecule has 2 aromatic carbocycles. The maximum absolute atomic E-state index is 5.91. The highest BCUT2D eigenvalue weighted by molar-refractivity contribution is 5.53. The van der Waals surface area contributed by atoms with Crippen molar-refractivity contribution in [1.29, 1.82) is 0 Å². The zero-order valence-corrected chi connectivity index (χ0v) is 11.8. The average molecular weight is 269 g/mol. The fourth-order valence-electron chi connectivity index (χ4n) is 2.49. The fraction of sp³-hybridized carbons (Fsp3) is 0.294. The Morgan fingerprint density at radius 2 is 1.90 bits per heavy atom. The van der Waals surface area contributed by atoms with Crippen molar-refractivity contribution in [3.8, 4) is 11.5 Å². The highest BCUT2D eigenvalue weighted by atomic mass is 16.5. The van der Waals surface area contributed by atoms with Crippen LogP contribution in [0.4, 0.5) is 5.69 Å². The van der Waals surface area contributed by atoms with Gasteiger partial charge in [-0.3, -0.25) is 0 Å². The largest absolute Gasteiger partial charge is 0.488 e. The van der Waals surface area contributed by atoms with Gasteiger partial charge in [-0.1, -0.05) is 23.8 Å². The lowest BCUT2D eigenvalue weighted by Crippen LogP contribution is -2.22. The summed E-state index contributed by atoms with van der Waals surface area (Å²) in [5, 5.41) is 0. The van der Waals surface area contributed by atoms with E-state index in [9.17, 15) is 0 Å². The summed E-state index contributed by atoms with van der Waals surface area (Å²) in [6.07, 6.45) is 0.953. The Morgan fingerprint density at radius 1 is 1.15 bits per heavy atom. The normalized spacial score (nSPS) is 16.6. The van der Waals surface area contributed by atoms with Crippen LogP contribution in [0.25, 0.3) is 0 Å². The summed E-state index contributed by atoms with van der Waals surface area (Å²) in [6, 6.07) is 12.1. The molecular formula is C17H19NO2. The van der Waals surface area contributed by atoms with E-state index in [-0.39, 0.29) is 6.10 Å². The lowest BCUT2D eigenvalue weighted by molar-refractivity contribution is 0.149. The van der Waals surface area contributed by atoms with Crippen molar-refractivity contribution in [2.24, 2.45) is 0 Å². The highest BCUT2D eigenvalue weighted by Gasteiger charge is 2.23. The fourth-order valence-corrected chi connectivity index (χ4v) is 2.49. The van der Waals surface area contributed by atoms with Crippen LogP contribution in [-0.4, -0.2) is 12.7 Å². The Hall–Kier alpha value is -2.16. The summed E-state index contributed by atoms with van der Waals surface area (Å²) in [5.74, 6) is 1.71. The number of rotatable bonds is 3. The second-order valence-electron chi connectivity index (χ2n) is 5.41. The van der Waals surface area contributed by atoms with Crippen LogP contribution in [0.3, 0.4) is 0 Å². The topological polar surface area (TPSA) is 44.5 Å². The summed E-state index contributed by atoms with van der Waals surface area (Å²) in [6.45, 7) is 4.63. The smallest absolute Gasteiger partial charge is 0.142 e. The predicted octanol–water partition coefficient (Wildman–Crippen LogP) is 3.27. The van der Waals surface area contributed by atoms with Crippen molar-refractivity contribution in [3.63, 3.8) is 0 Å². The van der Waals surface area contributed by atoms with Crippen LogP contribution in [0, 0.1) is 13.8 Å². The molecule has 0 bridgehead atoms. The molecule has 0 saturated heterocycles. The predicted molar refractivity (Wildman–Crippen MR) is 80.4 cm³/mol. The molecule has 104 valence electrons. The van der Waals surface area contributed by atoms with Gasteiger partial charge >= 0.3 is 0 Å². The van der Waals surface area contributed by atoms with Crippen molar-refractivity contribution < 1.29 is 9.47 Å². The summed E-state index contributed by atoms with van der Waals surface area (Å²) in [7, 11) is 0. The van der Waals surface area contributed by atoms with Gasteiger partial charge < -0.3 is 15.2 Å². The molecule has 1 atom stereocenters. The van der Waals surface area contributed by atoms with Gasteiger partial charge in [0.1, 0.15) is 24.2 Å². The monoisotopic (exact) mass is 269 g/mol. The molecule has 1 aliphatic rings. The van der Waals surface area contributed by atoms with E-state index in [2.05, 4.69) is 19.1 Å². The third-order valence-electron chi connectivity index (χ3n) is 3.55. The van der Waals surface area contributed by atoms with Crippen LogP contribution in [0.2, 0.25) is 0 Å². The first-order valence-electron chi connectivity index (χ1n) is 6.87. The molecule has 1 unspecified atom stereocenters. The number of aryl methyl sites for hydroxylation is 2. The van der Waals surface area contributed by atoms with Crippen molar-refractivity contribution in [2.45, 2.75) is 26.4 Å². The molecule has 2 N–H and O–H groups in total. The lowest BCUT2D eigenvalue weighted by atomic mass is 10.1. The van der Waals surface area contributed by atoms with E-state index in [1.165, 1.54) is 11.1 Å². The van der Waals surface area contributed by atoms with E-state index < -0.39 is 0 Å². The second-order valence-corrected chi connectivity index (χ2v) is 5.41. The van der Waals surface area contributed by atoms with Crippen molar-refractivity contribution in [2.75, 3.05) is 12.3 Å². The lowest BCUT2D eigenvalue weighted by Gasteiger charge is -2.14. The maximum atomic E-state index is 5.91. The van der Waals surface area contributed by atoms with Gasteiger partial charge in [0, 0.05) is 6.42 Å². The highest BCUT2D eigenvalue weighted by Crippen LogP contribution is 2.30. The van der Waals surface area contributed by atoms with Crippen LogP contribution < -0.4 is 15.2 Å². The van der Waals surface area contributed by atoms with E-state index in [4.69, 9.17) is 15.2 Å². The van der Waals surface area contributed by atoms with Gasteiger partial charge in [0.25, 0.3) is 0 Å². The molecular weight excluding hydrogens is 250 g/mol. The van der Waals surface area contributed by atoms with Crippen LogP contribution in [-0.2, 0) is 6.42 Å². The molecule has 0 radical (unpaired) electrons. The van der Waals surface area contributed by atoms with Gasteiger partial charge in [-0.15, -0.1) is 0 Å². The minimum absolute atomic E-state index is 0.0618. The molecule has 0 fully saturated rings. The SMILES string of the molecule is Cc1ccc2c(c1)CC(COc1cc(C)ccc1N)O2. The van der Waals surface area contributed by atoms with Gasteiger partial charge in [0.2, 0.25) is 0 Å². The second kappa shape index (κ2) is 5.08. The van der Waals surface area contributed by atoms with Crippen molar-refractivity contribution >= 4 is 5.69 Å². The van der Waals surface area contributed by atoms with Crippen LogP contribution in [0.5, 0.6) is 11.5 Å². The minimum atomic E-state index is 0.0618. The average Bonchev–Trinajstić information content (AvgIpc) is 2.81. The first-order chi connectivity index (χ1) is 9.61. The van der Waals surface area contributed by atoms with Gasteiger partial charge in [0.15, 0.2) is 0 Å². The Kier molecular flexibility index (Phi) is 3.26. The molecule has 0 saturated carbocycles. The van der Waals surface area contributed by atoms with E-state index in [1.54, 1.807) is 0 Å². The molecule has 1 heterocycles. The number of fused-ring (bicyclic) bond motifs is 1. The molecule has 20 heavy (non-hydrogen) atoms. The van der Waals surface area contributed by atoms with Gasteiger partial charge in [-0.25, -0.2) is 0 Å². The van der Waals surface area contributed by atoms with Crippen molar-refractivity contribution in [1.82, 2.24) is 0 Å². The number of benzene rings is 2. The minimum Gasteiger partial charge on any atom is -0.488 e. The van der Waals surface area contributed by atoms with Gasteiger partial charge in [-0.2, -0.15) is 0 Å². The number of hydrogen-bond acceptors (Lipinski definition) is 3. The number of hydrogen-bond donors (Lipinski definition) is 1. The zero-order chi connectivity index (χ0) is 14.1. The number of ether oxygens (including phenoxy) is 2. The number of nitrogen functional groups attached to an aromatic ring is 1. The Labute approximate surface area is 119 Å². The first kappa shape index (κ1) is 12.9. The molecule has 0 aliphatic carbocycles.